The maximum atomic E-state index is 10.8. The highest BCUT2D eigenvalue weighted by atomic mass is 35.5. The number of halogens is 1. The van der Waals surface area contributed by atoms with Gasteiger partial charge in [-0.1, -0.05) is 0 Å². The van der Waals surface area contributed by atoms with E-state index in [-0.39, 0.29) is 0 Å². The number of alkyl halides is 1. The molecule has 0 saturated heterocycles. The van der Waals surface area contributed by atoms with Crippen molar-refractivity contribution in [1.82, 2.24) is 0 Å². The minimum atomic E-state index is -1.13. The lowest BCUT2D eigenvalue weighted by Crippen LogP contribution is -2.08. The van der Waals surface area contributed by atoms with Crippen LogP contribution in [0.3, 0.4) is 0 Å². The molecule has 1 atom stereocenters. The van der Waals surface area contributed by atoms with Crippen LogP contribution in [-0.2, 0) is 4.79 Å². The van der Waals surface area contributed by atoms with Crippen LogP contribution in [0.5, 0.6) is 11.5 Å². The summed E-state index contributed by atoms with van der Waals surface area (Å²) < 4.78 is 10.3. The molecule has 1 aromatic rings. The third-order valence-electron chi connectivity index (χ3n) is 2.30. The number of aliphatic carboxylic acids is 1. The first-order valence-corrected chi connectivity index (χ1v) is 5.05. The summed E-state index contributed by atoms with van der Waals surface area (Å²) >= 11 is 5.77. The van der Waals surface area contributed by atoms with E-state index < -0.39 is 11.3 Å². The van der Waals surface area contributed by atoms with E-state index in [1.807, 2.05) is 0 Å². The number of carbonyl (C=O) groups is 1. The normalized spacial score (nSPS) is 12.0. The van der Waals surface area contributed by atoms with Crippen molar-refractivity contribution < 1.29 is 19.4 Å². The Morgan fingerprint density at radius 2 is 2.00 bits per heavy atom. The first-order chi connectivity index (χ1) is 7.52. The van der Waals surface area contributed by atoms with Gasteiger partial charge in [0.25, 0.3) is 0 Å². The van der Waals surface area contributed by atoms with Gasteiger partial charge >= 0.3 is 5.97 Å². The molecule has 0 aliphatic rings. The van der Waals surface area contributed by atoms with E-state index in [1.165, 1.54) is 14.2 Å². The van der Waals surface area contributed by atoms with Gasteiger partial charge < -0.3 is 14.6 Å². The van der Waals surface area contributed by atoms with Gasteiger partial charge in [0.2, 0.25) is 0 Å². The summed E-state index contributed by atoms with van der Waals surface area (Å²) in [6, 6.07) is 3.27. The predicted molar refractivity (Wildman–Crippen MR) is 60.5 cm³/mol. The van der Waals surface area contributed by atoms with Crippen LogP contribution in [0.1, 0.15) is 16.5 Å². The van der Waals surface area contributed by atoms with E-state index in [4.69, 9.17) is 26.2 Å². The molecule has 1 rings (SSSR count). The third kappa shape index (κ3) is 2.22. The van der Waals surface area contributed by atoms with Crippen molar-refractivity contribution in [1.29, 1.82) is 0 Å². The molecule has 0 amide bonds. The summed E-state index contributed by atoms with van der Waals surface area (Å²) in [7, 11) is 3.01. The molecule has 0 aliphatic heterocycles. The van der Waals surface area contributed by atoms with Crippen LogP contribution in [0.2, 0.25) is 0 Å². The lowest BCUT2D eigenvalue weighted by molar-refractivity contribution is -0.136. The fraction of sp³-hybridized carbons (Fsp3) is 0.364. The molecule has 0 fully saturated rings. The molecule has 16 heavy (non-hydrogen) atoms. The average Bonchev–Trinajstić information content (AvgIpc) is 2.27. The first kappa shape index (κ1) is 12.6. The summed E-state index contributed by atoms with van der Waals surface area (Å²) in [5.74, 6) is -0.0267. The minimum absolute atomic E-state index is 0.426. The Kier molecular flexibility index (Phi) is 4.01. The summed E-state index contributed by atoms with van der Waals surface area (Å²) in [6.07, 6.45) is 0. The molecule has 0 aromatic heterocycles. The van der Waals surface area contributed by atoms with Crippen LogP contribution >= 0.6 is 11.6 Å². The number of methoxy groups -OCH3 is 2. The Bertz CT molecular complexity index is 403. The Morgan fingerprint density at radius 3 is 2.44 bits per heavy atom. The van der Waals surface area contributed by atoms with Crippen molar-refractivity contribution in [2.75, 3.05) is 14.2 Å². The van der Waals surface area contributed by atoms with E-state index in [9.17, 15) is 4.79 Å². The van der Waals surface area contributed by atoms with Gasteiger partial charge in [0.1, 0.15) is 11.5 Å². The fourth-order valence-electron chi connectivity index (χ4n) is 1.52. The summed E-state index contributed by atoms with van der Waals surface area (Å²) in [6.45, 7) is 1.78. The molecule has 0 aliphatic carbocycles. The van der Waals surface area contributed by atoms with Gasteiger partial charge in [-0.05, 0) is 19.1 Å². The Balaban J connectivity index is 3.31. The van der Waals surface area contributed by atoms with Crippen molar-refractivity contribution in [3.63, 3.8) is 0 Å². The lowest BCUT2D eigenvalue weighted by Gasteiger charge is -2.15. The highest BCUT2D eigenvalue weighted by molar-refractivity contribution is 6.29. The summed E-state index contributed by atoms with van der Waals surface area (Å²) in [5.41, 5.74) is 1.16. The Morgan fingerprint density at radius 1 is 1.38 bits per heavy atom. The monoisotopic (exact) mass is 244 g/mol. The topological polar surface area (TPSA) is 55.8 Å². The average molecular weight is 245 g/mol. The zero-order valence-electron chi connectivity index (χ0n) is 9.28. The molecule has 0 bridgehead atoms. The van der Waals surface area contributed by atoms with Gasteiger partial charge in [-0.3, -0.25) is 4.79 Å². The minimum Gasteiger partial charge on any atom is -0.496 e. The van der Waals surface area contributed by atoms with Gasteiger partial charge in [-0.15, -0.1) is 11.6 Å². The number of hydrogen-bond donors (Lipinski definition) is 1. The molecular formula is C11H13ClO4. The number of ether oxygens (including phenoxy) is 2. The first-order valence-electron chi connectivity index (χ1n) is 4.61. The van der Waals surface area contributed by atoms with Crippen molar-refractivity contribution >= 4 is 17.6 Å². The second-order valence-electron chi connectivity index (χ2n) is 3.22. The molecule has 0 spiro atoms. The Labute approximate surface area is 98.7 Å². The largest absolute Gasteiger partial charge is 0.496 e. The molecule has 0 heterocycles. The van der Waals surface area contributed by atoms with Gasteiger partial charge in [0, 0.05) is 11.1 Å². The molecule has 0 saturated carbocycles. The molecule has 88 valence electrons. The van der Waals surface area contributed by atoms with Gasteiger partial charge in [0.05, 0.1) is 14.2 Å². The molecule has 5 heteroatoms. The quantitative estimate of drug-likeness (QED) is 0.827. The van der Waals surface area contributed by atoms with Gasteiger partial charge in [-0.2, -0.15) is 0 Å². The zero-order valence-corrected chi connectivity index (χ0v) is 10.0. The Hall–Kier alpha value is -1.42. The van der Waals surface area contributed by atoms with E-state index in [0.717, 1.165) is 5.56 Å². The molecule has 1 unspecified atom stereocenters. The number of carboxylic acid groups (broad SMARTS) is 1. The van der Waals surface area contributed by atoms with E-state index in [0.29, 0.717) is 17.1 Å². The van der Waals surface area contributed by atoms with Crippen molar-refractivity contribution in [2.24, 2.45) is 0 Å². The summed E-state index contributed by atoms with van der Waals surface area (Å²) in [4.78, 5) is 10.8. The summed E-state index contributed by atoms with van der Waals surface area (Å²) in [5, 5.41) is 7.73. The predicted octanol–water partition coefficient (Wildman–Crippen LogP) is 2.38. The fourth-order valence-corrected chi connectivity index (χ4v) is 1.69. The third-order valence-corrected chi connectivity index (χ3v) is 2.72. The van der Waals surface area contributed by atoms with Crippen molar-refractivity contribution in [3.05, 3.63) is 23.3 Å². The van der Waals surface area contributed by atoms with Crippen molar-refractivity contribution in [3.8, 4) is 11.5 Å². The van der Waals surface area contributed by atoms with Gasteiger partial charge in [-0.25, -0.2) is 0 Å². The van der Waals surface area contributed by atoms with Crippen LogP contribution < -0.4 is 9.47 Å². The number of carboxylic acids is 1. The standard InChI is InChI=1S/C11H13ClO4/c1-6-8(15-2)5-4-7(10(6)16-3)9(12)11(13)14/h4-5,9H,1-3H3,(H,13,14). The van der Waals surface area contributed by atoms with Gasteiger partial charge in [0.15, 0.2) is 5.38 Å². The second kappa shape index (κ2) is 5.07. The maximum Gasteiger partial charge on any atom is 0.326 e. The number of hydrogen-bond acceptors (Lipinski definition) is 3. The van der Waals surface area contributed by atoms with E-state index in [1.54, 1.807) is 19.1 Å². The lowest BCUT2D eigenvalue weighted by atomic mass is 10.1. The number of rotatable bonds is 4. The zero-order chi connectivity index (χ0) is 12.3. The maximum absolute atomic E-state index is 10.8. The number of benzene rings is 1. The molecule has 1 aromatic carbocycles. The highest BCUT2D eigenvalue weighted by Crippen LogP contribution is 2.37. The van der Waals surface area contributed by atoms with Crippen LogP contribution in [0.25, 0.3) is 0 Å². The smallest absolute Gasteiger partial charge is 0.326 e. The van der Waals surface area contributed by atoms with E-state index >= 15 is 0 Å². The molecule has 0 radical (unpaired) electrons. The molecule has 4 nitrogen and oxygen atoms in total. The molecule has 1 N–H and O–H groups in total. The second-order valence-corrected chi connectivity index (χ2v) is 3.65. The molecular weight excluding hydrogens is 232 g/mol. The van der Waals surface area contributed by atoms with E-state index in [2.05, 4.69) is 0 Å². The van der Waals surface area contributed by atoms with Crippen LogP contribution in [0.15, 0.2) is 12.1 Å². The van der Waals surface area contributed by atoms with Crippen LogP contribution in [0.4, 0.5) is 0 Å². The van der Waals surface area contributed by atoms with Crippen LogP contribution in [-0.4, -0.2) is 25.3 Å². The van der Waals surface area contributed by atoms with Crippen LogP contribution in [0, 0.1) is 6.92 Å². The van der Waals surface area contributed by atoms with Crippen molar-refractivity contribution in [2.45, 2.75) is 12.3 Å². The SMILES string of the molecule is COc1ccc(C(Cl)C(=O)O)c(OC)c1C. The highest BCUT2D eigenvalue weighted by Gasteiger charge is 2.23.